The summed E-state index contributed by atoms with van der Waals surface area (Å²) in [5.74, 6) is 0.574. The maximum absolute atomic E-state index is 12.2. The van der Waals surface area contributed by atoms with Crippen molar-refractivity contribution in [1.29, 1.82) is 0 Å². The van der Waals surface area contributed by atoms with Crippen molar-refractivity contribution < 1.29 is 14.3 Å². The van der Waals surface area contributed by atoms with Crippen LogP contribution < -0.4 is 4.74 Å². The minimum atomic E-state index is -0.458. The van der Waals surface area contributed by atoms with Crippen molar-refractivity contribution >= 4 is 17.9 Å². The van der Waals surface area contributed by atoms with Crippen LogP contribution in [0.15, 0.2) is 89.6 Å². The van der Waals surface area contributed by atoms with Gasteiger partial charge in [0.25, 0.3) is 0 Å². The van der Waals surface area contributed by atoms with E-state index in [1.54, 1.807) is 13.2 Å². The molecule has 1 aliphatic rings. The number of ether oxygens (including phenoxy) is 2. The van der Waals surface area contributed by atoms with Gasteiger partial charge in [-0.2, -0.15) is 0 Å². The first-order chi connectivity index (χ1) is 13.2. The van der Waals surface area contributed by atoms with E-state index < -0.39 is 5.97 Å². The molecule has 0 saturated carbocycles. The van der Waals surface area contributed by atoms with Gasteiger partial charge < -0.3 is 9.47 Å². The van der Waals surface area contributed by atoms with Gasteiger partial charge in [-0.1, -0.05) is 54.6 Å². The Bertz CT molecular complexity index is 1030. The second kappa shape index (κ2) is 7.30. The van der Waals surface area contributed by atoms with E-state index in [-0.39, 0.29) is 5.70 Å². The number of rotatable bonds is 4. The number of nitrogens with zero attached hydrogens (tertiary/aromatic N) is 1. The van der Waals surface area contributed by atoms with Gasteiger partial charge in [-0.15, -0.1) is 0 Å². The van der Waals surface area contributed by atoms with Crippen molar-refractivity contribution in [3.05, 3.63) is 95.7 Å². The van der Waals surface area contributed by atoms with Crippen LogP contribution in [0.25, 0.3) is 17.2 Å². The second-order valence-electron chi connectivity index (χ2n) is 6.06. The summed E-state index contributed by atoms with van der Waals surface area (Å²) in [6, 6.07) is 25.3. The van der Waals surface area contributed by atoms with Crippen LogP contribution in [0.5, 0.6) is 5.75 Å². The molecular formula is C23H17NO3. The molecule has 27 heavy (non-hydrogen) atoms. The average Bonchev–Trinajstić information content (AvgIpc) is 3.09. The molecule has 0 fully saturated rings. The van der Waals surface area contributed by atoms with Gasteiger partial charge in [0, 0.05) is 5.56 Å². The Morgan fingerprint density at radius 3 is 2.30 bits per heavy atom. The van der Waals surface area contributed by atoms with E-state index in [9.17, 15) is 4.79 Å². The highest BCUT2D eigenvalue weighted by molar-refractivity contribution is 6.13. The number of methoxy groups -OCH3 is 1. The van der Waals surface area contributed by atoms with Crippen LogP contribution in [0.1, 0.15) is 11.1 Å². The Balaban J connectivity index is 1.60. The first-order valence-electron chi connectivity index (χ1n) is 8.55. The lowest BCUT2D eigenvalue weighted by Gasteiger charge is -2.03. The smallest absolute Gasteiger partial charge is 0.363 e. The highest BCUT2D eigenvalue weighted by Gasteiger charge is 2.24. The van der Waals surface area contributed by atoms with Crippen LogP contribution in [-0.2, 0) is 9.53 Å². The highest BCUT2D eigenvalue weighted by Crippen LogP contribution is 2.23. The number of hydrogen-bond acceptors (Lipinski definition) is 4. The third-order valence-electron chi connectivity index (χ3n) is 4.26. The van der Waals surface area contributed by atoms with Crippen molar-refractivity contribution in [3.8, 4) is 16.9 Å². The van der Waals surface area contributed by atoms with Crippen molar-refractivity contribution in [2.24, 2.45) is 4.99 Å². The van der Waals surface area contributed by atoms with Crippen molar-refractivity contribution in [2.75, 3.05) is 7.11 Å². The molecule has 132 valence electrons. The first-order valence-corrected chi connectivity index (χ1v) is 8.55. The van der Waals surface area contributed by atoms with Crippen LogP contribution in [0.3, 0.4) is 0 Å². The van der Waals surface area contributed by atoms with Crippen LogP contribution in [0.2, 0.25) is 0 Å². The molecule has 0 spiro atoms. The molecule has 4 nitrogen and oxygen atoms in total. The minimum absolute atomic E-state index is 0.269. The van der Waals surface area contributed by atoms with Crippen LogP contribution in [0, 0.1) is 0 Å². The summed E-state index contributed by atoms with van der Waals surface area (Å²) in [6.07, 6.45) is 1.69. The molecule has 0 unspecified atom stereocenters. The summed E-state index contributed by atoms with van der Waals surface area (Å²) in [7, 11) is 1.60. The maximum atomic E-state index is 12.2. The van der Waals surface area contributed by atoms with Gasteiger partial charge >= 0.3 is 5.97 Å². The molecule has 4 rings (SSSR count). The Morgan fingerprint density at radius 2 is 1.56 bits per heavy atom. The van der Waals surface area contributed by atoms with E-state index in [4.69, 9.17) is 9.47 Å². The number of hydrogen-bond donors (Lipinski definition) is 0. The van der Waals surface area contributed by atoms with Gasteiger partial charge in [0.1, 0.15) is 5.75 Å². The molecule has 1 heterocycles. The highest BCUT2D eigenvalue weighted by atomic mass is 16.6. The Hall–Kier alpha value is -3.66. The molecule has 1 aliphatic heterocycles. The number of cyclic esters (lactones) is 1. The zero-order valence-corrected chi connectivity index (χ0v) is 14.8. The lowest BCUT2D eigenvalue weighted by Crippen LogP contribution is -2.05. The molecule has 0 radical (unpaired) electrons. The van der Waals surface area contributed by atoms with Gasteiger partial charge in [0.15, 0.2) is 5.70 Å². The lowest BCUT2D eigenvalue weighted by atomic mass is 10.0. The lowest BCUT2D eigenvalue weighted by molar-refractivity contribution is -0.129. The van der Waals surface area contributed by atoms with Crippen LogP contribution in [-0.4, -0.2) is 19.0 Å². The standard InChI is InChI=1S/C23H17NO3/c1-26-20-9-5-6-16(14-20)15-21-23(25)27-22(24-21)19-12-10-18(11-13-19)17-7-3-2-4-8-17/h2-15H,1H3/b21-15-. The zero-order chi connectivity index (χ0) is 18.6. The fraction of sp³-hybridized carbons (Fsp3) is 0.0435. The predicted molar refractivity (Wildman–Crippen MR) is 105 cm³/mol. The molecular weight excluding hydrogens is 338 g/mol. The average molecular weight is 355 g/mol. The number of carbonyl (C=O) groups is 1. The van der Waals surface area contributed by atoms with E-state index in [0.717, 1.165) is 28.0 Å². The van der Waals surface area contributed by atoms with Crippen molar-refractivity contribution in [1.82, 2.24) is 0 Å². The van der Waals surface area contributed by atoms with Crippen LogP contribution >= 0.6 is 0 Å². The monoisotopic (exact) mass is 355 g/mol. The van der Waals surface area contributed by atoms with Crippen molar-refractivity contribution in [2.45, 2.75) is 0 Å². The number of benzene rings is 3. The summed E-state index contributed by atoms with van der Waals surface area (Å²) >= 11 is 0. The summed E-state index contributed by atoms with van der Waals surface area (Å²) in [5, 5.41) is 0. The molecule has 4 heteroatoms. The molecule has 0 atom stereocenters. The van der Waals surface area contributed by atoms with Gasteiger partial charge in [-0.3, -0.25) is 0 Å². The Morgan fingerprint density at radius 1 is 0.852 bits per heavy atom. The fourth-order valence-corrected chi connectivity index (χ4v) is 2.86. The Labute approximate surface area is 157 Å². The SMILES string of the molecule is COc1cccc(/C=C2\N=C(c3ccc(-c4ccccc4)cc3)OC2=O)c1. The van der Waals surface area contributed by atoms with Gasteiger partial charge in [-0.05, 0) is 47.0 Å². The summed E-state index contributed by atoms with van der Waals surface area (Å²) in [5.41, 5.74) is 4.08. The second-order valence-corrected chi connectivity index (χ2v) is 6.06. The summed E-state index contributed by atoms with van der Waals surface area (Å²) < 4.78 is 10.5. The Kier molecular flexibility index (Phi) is 4.54. The van der Waals surface area contributed by atoms with Crippen LogP contribution in [0.4, 0.5) is 0 Å². The quantitative estimate of drug-likeness (QED) is 0.503. The topological polar surface area (TPSA) is 47.9 Å². The minimum Gasteiger partial charge on any atom is -0.497 e. The number of carbonyl (C=O) groups excluding carboxylic acids is 1. The van der Waals surface area contributed by atoms with Gasteiger partial charge in [0.05, 0.1) is 7.11 Å². The maximum Gasteiger partial charge on any atom is 0.363 e. The van der Waals surface area contributed by atoms with E-state index in [0.29, 0.717) is 5.90 Å². The number of esters is 1. The van der Waals surface area contributed by atoms with E-state index in [1.807, 2.05) is 66.7 Å². The third-order valence-corrected chi connectivity index (χ3v) is 4.26. The summed E-state index contributed by atoms with van der Waals surface area (Å²) in [4.78, 5) is 16.5. The third kappa shape index (κ3) is 3.65. The predicted octanol–water partition coefficient (Wildman–Crippen LogP) is 4.71. The summed E-state index contributed by atoms with van der Waals surface area (Å²) in [6.45, 7) is 0. The fourth-order valence-electron chi connectivity index (χ4n) is 2.86. The van der Waals surface area contributed by atoms with E-state index in [2.05, 4.69) is 17.1 Å². The normalized spacial score (nSPS) is 14.8. The van der Waals surface area contributed by atoms with E-state index in [1.165, 1.54) is 0 Å². The van der Waals surface area contributed by atoms with E-state index >= 15 is 0 Å². The molecule has 0 amide bonds. The molecule has 0 bridgehead atoms. The molecule has 0 N–H and O–H groups in total. The van der Waals surface area contributed by atoms with Crippen molar-refractivity contribution in [3.63, 3.8) is 0 Å². The molecule has 3 aromatic carbocycles. The largest absolute Gasteiger partial charge is 0.497 e. The molecule has 0 aromatic heterocycles. The zero-order valence-electron chi connectivity index (χ0n) is 14.8. The first kappa shape index (κ1) is 16.8. The number of aliphatic imine (C=N–C) groups is 1. The van der Waals surface area contributed by atoms with Gasteiger partial charge in [-0.25, -0.2) is 9.79 Å². The van der Waals surface area contributed by atoms with Gasteiger partial charge in [0.2, 0.25) is 5.90 Å². The molecule has 0 aliphatic carbocycles. The molecule has 3 aromatic rings. The molecule has 0 saturated heterocycles.